The molecular formula is C26H20N4O4S. The van der Waals surface area contributed by atoms with Gasteiger partial charge in [0.2, 0.25) is 5.95 Å². The van der Waals surface area contributed by atoms with Crippen molar-refractivity contribution in [1.82, 2.24) is 14.5 Å². The summed E-state index contributed by atoms with van der Waals surface area (Å²) < 4.78 is 29.2. The lowest BCUT2D eigenvalue weighted by Gasteiger charge is -2.09. The molecule has 0 amide bonds. The van der Waals surface area contributed by atoms with Crippen LogP contribution in [0.3, 0.4) is 0 Å². The molecule has 0 radical (unpaired) electrons. The second-order valence-electron chi connectivity index (χ2n) is 8.11. The Morgan fingerprint density at radius 3 is 1.63 bits per heavy atom. The minimum atomic E-state index is -3.99. The minimum absolute atomic E-state index is 0.0299. The molecule has 5 rings (SSSR count). The molecule has 1 N–H and O–H groups in total. The SMILES string of the molecule is Cc1cc(C)nc(NS(=O)(=O)c2ccc(-n3c(=O)c4ccccc4c4ccccc4c3=O)cc2)n1. The number of nitrogens with one attached hydrogen (secondary N) is 1. The summed E-state index contributed by atoms with van der Waals surface area (Å²) in [5.74, 6) is -0.0299. The number of sulfonamides is 1. The summed E-state index contributed by atoms with van der Waals surface area (Å²) in [6.07, 6.45) is 0. The lowest BCUT2D eigenvalue weighted by atomic mass is 10.1. The fourth-order valence-corrected chi connectivity index (χ4v) is 5.05. The van der Waals surface area contributed by atoms with Crippen LogP contribution in [0.2, 0.25) is 0 Å². The van der Waals surface area contributed by atoms with E-state index in [1.54, 1.807) is 56.3 Å². The van der Waals surface area contributed by atoms with E-state index in [0.29, 0.717) is 32.9 Å². The Labute approximate surface area is 200 Å². The molecular weight excluding hydrogens is 464 g/mol. The van der Waals surface area contributed by atoms with Crippen LogP contribution in [0.4, 0.5) is 5.95 Å². The summed E-state index contributed by atoms with van der Waals surface area (Å²) in [6.45, 7) is 3.49. The third-order valence-electron chi connectivity index (χ3n) is 5.62. The Balaban J connectivity index is 1.65. The van der Waals surface area contributed by atoms with Gasteiger partial charge in [-0.15, -0.1) is 0 Å². The van der Waals surface area contributed by atoms with Crippen LogP contribution in [-0.2, 0) is 10.0 Å². The first-order valence-corrected chi connectivity index (χ1v) is 12.3. The number of nitrogens with zero attached hydrogens (tertiary/aromatic N) is 3. The van der Waals surface area contributed by atoms with Crippen LogP contribution in [0.1, 0.15) is 11.4 Å². The topological polar surface area (TPSA) is 111 Å². The maximum Gasteiger partial charge on any atom is 0.265 e. The lowest BCUT2D eigenvalue weighted by molar-refractivity contribution is 0.600. The molecule has 0 spiro atoms. The van der Waals surface area contributed by atoms with Crippen molar-refractivity contribution in [3.63, 3.8) is 0 Å². The minimum Gasteiger partial charge on any atom is -0.268 e. The fraction of sp³-hybridized carbons (Fsp3) is 0.0769. The molecule has 174 valence electrons. The van der Waals surface area contributed by atoms with E-state index < -0.39 is 21.1 Å². The molecule has 0 unspecified atom stereocenters. The largest absolute Gasteiger partial charge is 0.268 e. The van der Waals surface area contributed by atoms with Gasteiger partial charge in [0.1, 0.15) is 0 Å². The van der Waals surface area contributed by atoms with E-state index in [4.69, 9.17) is 0 Å². The molecule has 8 nitrogen and oxygen atoms in total. The van der Waals surface area contributed by atoms with Crippen molar-refractivity contribution >= 4 is 37.5 Å². The second-order valence-corrected chi connectivity index (χ2v) is 9.79. The van der Waals surface area contributed by atoms with Crippen molar-refractivity contribution in [2.24, 2.45) is 0 Å². The zero-order chi connectivity index (χ0) is 24.7. The third-order valence-corrected chi connectivity index (χ3v) is 6.97. The molecule has 0 aliphatic rings. The van der Waals surface area contributed by atoms with Crippen LogP contribution in [0.25, 0.3) is 27.2 Å². The Morgan fingerprint density at radius 1 is 0.686 bits per heavy atom. The summed E-state index contributed by atoms with van der Waals surface area (Å²) in [5.41, 5.74) is 0.542. The molecule has 0 bridgehead atoms. The monoisotopic (exact) mass is 484 g/mol. The Hall–Kier alpha value is -4.37. The van der Waals surface area contributed by atoms with E-state index in [9.17, 15) is 18.0 Å². The van der Waals surface area contributed by atoms with Crippen LogP contribution < -0.4 is 15.8 Å². The van der Waals surface area contributed by atoms with Gasteiger partial charge in [-0.3, -0.25) is 9.59 Å². The summed E-state index contributed by atoms with van der Waals surface area (Å²) in [5, 5.41) is 2.11. The molecule has 35 heavy (non-hydrogen) atoms. The first kappa shape index (κ1) is 22.4. The maximum absolute atomic E-state index is 13.5. The highest BCUT2D eigenvalue weighted by molar-refractivity contribution is 7.92. The molecule has 5 aromatic rings. The molecule has 9 heteroatoms. The molecule has 0 fully saturated rings. The fourth-order valence-electron chi connectivity index (χ4n) is 4.10. The summed E-state index contributed by atoms with van der Waals surface area (Å²) in [7, 11) is -3.99. The van der Waals surface area contributed by atoms with Crippen molar-refractivity contribution in [3.8, 4) is 5.69 Å². The number of fused-ring (bicyclic) bond motifs is 3. The van der Waals surface area contributed by atoms with E-state index >= 15 is 0 Å². The molecule has 0 aliphatic carbocycles. The number of benzene rings is 3. The summed E-state index contributed by atoms with van der Waals surface area (Å²) in [6, 6.07) is 21.3. The van der Waals surface area contributed by atoms with Gasteiger partial charge in [0, 0.05) is 22.2 Å². The summed E-state index contributed by atoms with van der Waals surface area (Å²) in [4.78, 5) is 35.1. The molecule has 0 aliphatic heterocycles. The van der Waals surface area contributed by atoms with Gasteiger partial charge >= 0.3 is 0 Å². The number of aromatic nitrogens is 3. The Bertz CT molecular complexity index is 1750. The van der Waals surface area contributed by atoms with Crippen LogP contribution >= 0.6 is 0 Å². The van der Waals surface area contributed by atoms with Gasteiger partial charge in [0.15, 0.2) is 0 Å². The average molecular weight is 485 g/mol. The molecule has 2 aromatic heterocycles. The number of aryl methyl sites for hydroxylation is 2. The van der Waals surface area contributed by atoms with E-state index in [1.165, 1.54) is 24.3 Å². The second kappa shape index (κ2) is 8.44. The Morgan fingerprint density at radius 2 is 1.14 bits per heavy atom. The number of rotatable bonds is 4. The van der Waals surface area contributed by atoms with Gasteiger partial charge < -0.3 is 0 Å². The van der Waals surface area contributed by atoms with Gasteiger partial charge in [-0.1, -0.05) is 36.4 Å². The normalized spacial score (nSPS) is 11.6. The van der Waals surface area contributed by atoms with Crippen molar-refractivity contribution in [2.45, 2.75) is 18.7 Å². The first-order valence-electron chi connectivity index (χ1n) is 10.8. The molecule has 0 saturated heterocycles. The first-order chi connectivity index (χ1) is 16.7. The third kappa shape index (κ3) is 4.06. The van der Waals surface area contributed by atoms with Crippen LogP contribution in [-0.4, -0.2) is 23.0 Å². The molecule has 2 heterocycles. The number of hydrogen-bond acceptors (Lipinski definition) is 6. The van der Waals surface area contributed by atoms with Crippen molar-refractivity contribution in [1.29, 1.82) is 0 Å². The molecule has 0 atom stereocenters. The van der Waals surface area contributed by atoms with Crippen molar-refractivity contribution in [2.75, 3.05) is 4.72 Å². The maximum atomic E-state index is 13.5. The number of anilines is 1. The highest BCUT2D eigenvalue weighted by Gasteiger charge is 2.18. The predicted octanol–water partition coefficient (Wildman–Crippen LogP) is 3.71. The predicted molar refractivity (Wildman–Crippen MR) is 136 cm³/mol. The Kier molecular flexibility index (Phi) is 5.41. The van der Waals surface area contributed by atoms with Gasteiger partial charge in [-0.25, -0.2) is 27.7 Å². The van der Waals surface area contributed by atoms with Gasteiger partial charge in [0.25, 0.3) is 21.1 Å². The summed E-state index contributed by atoms with van der Waals surface area (Å²) >= 11 is 0. The quantitative estimate of drug-likeness (QED) is 0.416. The molecule has 3 aromatic carbocycles. The standard InChI is InChI=1S/C26H20N4O4S/c1-16-15-17(2)28-26(27-16)29-35(33,34)19-13-11-18(12-14-19)30-24(31)22-9-5-3-7-20(22)21-8-4-6-10-23(21)25(30)32/h3-15H,1-2H3,(H,27,28,29). The van der Waals surface area contributed by atoms with Gasteiger partial charge in [0.05, 0.1) is 10.6 Å². The van der Waals surface area contributed by atoms with E-state index in [1.807, 2.05) is 12.1 Å². The van der Waals surface area contributed by atoms with Crippen LogP contribution in [0.5, 0.6) is 0 Å². The van der Waals surface area contributed by atoms with Gasteiger partial charge in [-0.05, 0) is 67.1 Å². The lowest BCUT2D eigenvalue weighted by Crippen LogP contribution is -2.28. The van der Waals surface area contributed by atoms with E-state index in [2.05, 4.69) is 14.7 Å². The van der Waals surface area contributed by atoms with E-state index in [0.717, 1.165) is 4.57 Å². The van der Waals surface area contributed by atoms with Crippen LogP contribution in [0.15, 0.2) is 93.3 Å². The van der Waals surface area contributed by atoms with E-state index in [-0.39, 0.29) is 16.5 Å². The van der Waals surface area contributed by atoms with Crippen molar-refractivity contribution < 1.29 is 8.42 Å². The highest BCUT2D eigenvalue weighted by atomic mass is 32.2. The zero-order valence-corrected chi connectivity index (χ0v) is 19.7. The number of hydrogen-bond donors (Lipinski definition) is 1. The molecule has 0 saturated carbocycles. The highest BCUT2D eigenvalue weighted by Crippen LogP contribution is 2.21. The van der Waals surface area contributed by atoms with Gasteiger partial charge in [-0.2, -0.15) is 0 Å². The smallest absolute Gasteiger partial charge is 0.265 e. The zero-order valence-electron chi connectivity index (χ0n) is 18.9. The van der Waals surface area contributed by atoms with Crippen LogP contribution in [0, 0.1) is 13.8 Å². The van der Waals surface area contributed by atoms with Crippen molar-refractivity contribution in [3.05, 3.63) is 111 Å². The average Bonchev–Trinajstić information content (AvgIpc) is 2.92.